The molecule has 0 saturated carbocycles. The Balaban J connectivity index is 2.06. The number of rotatable bonds is 4. The van der Waals surface area contributed by atoms with Crippen LogP contribution in [0.1, 0.15) is 37.6 Å². The zero-order chi connectivity index (χ0) is 13.9. The van der Waals surface area contributed by atoms with Crippen molar-refractivity contribution in [2.45, 2.75) is 39.3 Å². The highest BCUT2D eigenvalue weighted by Crippen LogP contribution is 2.22. The Morgan fingerprint density at radius 3 is 2.42 bits per heavy atom. The minimum Gasteiger partial charge on any atom is -0.314 e. The monoisotopic (exact) mass is 258 g/mol. The highest BCUT2D eigenvalue weighted by atomic mass is 15.4. The lowest BCUT2D eigenvalue weighted by Gasteiger charge is -2.19. The van der Waals surface area contributed by atoms with Gasteiger partial charge in [-0.15, -0.1) is 5.10 Å². The van der Waals surface area contributed by atoms with Crippen molar-refractivity contribution in [3.63, 3.8) is 0 Å². The van der Waals surface area contributed by atoms with Crippen LogP contribution >= 0.6 is 0 Å². The lowest BCUT2D eigenvalue weighted by Crippen LogP contribution is -2.11. The molecule has 0 aliphatic carbocycles. The van der Waals surface area contributed by atoms with E-state index in [-0.39, 0.29) is 5.41 Å². The van der Waals surface area contributed by atoms with Gasteiger partial charge in [-0.1, -0.05) is 50.3 Å². The van der Waals surface area contributed by atoms with Crippen LogP contribution in [-0.2, 0) is 18.5 Å². The van der Waals surface area contributed by atoms with Crippen LogP contribution in [0.4, 0.5) is 0 Å². The highest BCUT2D eigenvalue weighted by molar-refractivity contribution is 5.27. The predicted octanol–water partition coefficient (Wildman–Crippen LogP) is 2.34. The molecule has 0 spiro atoms. The molecule has 0 aliphatic rings. The van der Waals surface area contributed by atoms with Gasteiger partial charge in [0, 0.05) is 6.54 Å². The molecule has 2 aromatic rings. The summed E-state index contributed by atoms with van der Waals surface area (Å²) in [6.07, 6.45) is 1.98. The average Bonchev–Trinajstić information content (AvgIpc) is 2.77. The van der Waals surface area contributed by atoms with E-state index < -0.39 is 0 Å². The van der Waals surface area contributed by atoms with Gasteiger partial charge in [-0.05, 0) is 23.6 Å². The van der Waals surface area contributed by atoms with Gasteiger partial charge in [0.1, 0.15) is 0 Å². The van der Waals surface area contributed by atoms with Gasteiger partial charge in [-0.3, -0.25) is 0 Å². The average molecular weight is 258 g/mol. The molecule has 102 valence electrons. The lowest BCUT2D eigenvalue weighted by atomic mass is 9.87. The van der Waals surface area contributed by atoms with E-state index in [1.807, 2.05) is 17.9 Å². The van der Waals surface area contributed by atoms with E-state index in [2.05, 4.69) is 60.7 Å². The van der Waals surface area contributed by atoms with Gasteiger partial charge >= 0.3 is 0 Å². The molecule has 0 radical (unpaired) electrons. The fraction of sp³-hybridized carbons (Fsp3) is 0.467. The van der Waals surface area contributed by atoms with Crippen LogP contribution in [0.5, 0.6) is 0 Å². The highest BCUT2D eigenvalue weighted by Gasteiger charge is 2.12. The molecule has 0 bridgehead atoms. The fourth-order valence-corrected chi connectivity index (χ4v) is 1.98. The van der Waals surface area contributed by atoms with E-state index in [0.29, 0.717) is 0 Å². The van der Waals surface area contributed by atoms with Crippen LogP contribution in [0.2, 0.25) is 0 Å². The third-order valence-electron chi connectivity index (χ3n) is 3.11. The summed E-state index contributed by atoms with van der Waals surface area (Å²) >= 11 is 0. The zero-order valence-electron chi connectivity index (χ0n) is 12.1. The van der Waals surface area contributed by atoms with Crippen molar-refractivity contribution >= 4 is 0 Å². The largest absolute Gasteiger partial charge is 0.314 e. The minimum absolute atomic E-state index is 0.200. The summed E-state index contributed by atoms with van der Waals surface area (Å²) in [4.78, 5) is 0. The number of hydrogen-bond donors (Lipinski definition) is 1. The topological polar surface area (TPSA) is 42.7 Å². The van der Waals surface area contributed by atoms with Crippen LogP contribution in [-0.4, -0.2) is 22.0 Å². The van der Waals surface area contributed by atoms with Crippen molar-refractivity contribution in [3.05, 3.63) is 47.3 Å². The molecule has 1 aromatic carbocycles. The number of benzene rings is 1. The lowest BCUT2D eigenvalue weighted by molar-refractivity contribution is 0.589. The van der Waals surface area contributed by atoms with Crippen molar-refractivity contribution in [3.8, 4) is 0 Å². The van der Waals surface area contributed by atoms with Crippen molar-refractivity contribution in [1.29, 1.82) is 0 Å². The van der Waals surface area contributed by atoms with Crippen LogP contribution in [0, 0.1) is 0 Å². The molecule has 19 heavy (non-hydrogen) atoms. The molecule has 1 N–H and O–H groups in total. The summed E-state index contributed by atoms with van der Waals surface area (Å²) < 4.78 is 1.87. The minimum atomic E-state index is 0.200. The maximum atomic E-state index is 4.13. The normalized spacial score (nSPS) is 11.8. The standard InChI is InChI=1S/C15H22N4/c1-15(2,3)13-7-5-12(6-8-13)10-19-11-14(9-16-4)17-18-19/h5-8,11,16H,9-10H2,1-4H3. The Morgan fingerprint density at radius 1 is 1.16 bits per heavy atom. The Bertz CT molecular complexity index is 520. The molecule has 0 unspecified atom stereocenters. The molecule has 4 nitrogen and oxygen atoms in total. The smallest absolute Gasteiger partial charge is 0.0964 e. The first kappa shape index (κ1) is 13.7. The number of nitrogens with one attached hydrogen (secondary N) is 1. The van der Waals surface area contributed by atoms with Gasteiger partial charge in [0.05, 0.1) is 18.4 Å². The van der Waals surface area contributed by atoms with Gasteiger partial charge in [0.15, 0.2) is 0 Å². The summed E-state index contributed by atoms with van der Waals surface area (Å²) in [5, 5.41) is 11.3. The molecule has 0 aliphatic heterocycles. The van der Waals surface area contributed by atoms with E-state index in [9.17, 15) is 0 Å². The predicted molar refractivity (Wildman–Crippen MR) is 77.0 cm³/mol. The second-order valence-corrected chi connectivity index (χ2v) is 5.88. The van der Waals surface area contributed by atoms with Gasteiger partial charge in [0.25, 0.3) is 0 Å². The van der Waals surface area contributed by atoms with Crippen molar-refractivity contribution in [1.82, 2.24) is 20.3 Å². The Kier molecular flexibility index (Phi) is 4.00. The molecule has 0 atom stereocenters. The maximum Gasteiger partial charge on any atom is 0.0964 e. The summed E-state index contributed by atoms with van der Waals surface area (Å²) in [6.45, 7) is 8.19. The fourth-order valence-electron chi connectivity index (χ4n) is 1.98. The van der Waals surface area contributed by atoms with Crippen molar-refractivity contribution in [2.24, 2.45) is 0 Å². The quantitative estimate of drug-likeness (QED) is 0.915. The molecule has 2 rings (SSSR count). The van der Waals surface area contributed by atoms with Gasteiger partial charge in [0.2, 0.25) is 0 Å². The molecule has 0 saturated heterocycles. The van der Waals surface area contributed by atoms with Crippen LogP contribution in [0.3, 0.4) is 0 Å². The van der Waals surface area contributed by atoms with Gasteiger partial charge in [-0.2, -0.15) is 0 Å². The van der Waals surface area contributed by atoms with Crippen LogP contribution in [0.25, 0.3) is 0 Å². The second-order valence-electron chi connectivity index (χ2n) is 5.88. The molecule has 0 amide bonds. The van der Waals surface area contributed by atoms with E-state index in [1.54, 1.807) is 0 Å². The van der Waals surface area contributed by atoms with Crippen molar-refractivity contribution < 1.29 is 0 Å². The first-order valence-electron chi connectivity index (χ1n) is 6.62. The first-order valence-corrected chi connectivity index (χ1v) is 6.62. The summed E-state index contributed by atoms with van der Waals surface area (Å²) in [5.41, 5.74) is 3.76. The zero-order valence-corrected chi connectivity index (χ0v) is 12.1. The van der Waals surface area contributed by atoms with Gasteiger partial charge < -0.3 is 5.32 Å². The molecule has 4 heteroatoms. The van der Waals surface area contributed by atoms with Crippen LogP contribution < -0.4 is 5.32 Å². The third-order valence-corrected chi connectivity index (χ3v) is 3.11. The molecular formula is C15H22N4. The Morgan fingerprint density at radius 2 is 1.84 bits per heavy atom. The first-order chi connectivity index (χ1) is 8.99. The van der Waals surface area contributed by atoms with E-state index in [4.69, 9.17) is 0 Å². The Hall–Kier alpha value is -1.68. The second kappa shape index (κ2) is 5.53. The molecule has 0 fully saturated rings. The summed E-state index contributed by atoms with van der Waals surface area (Å²) in [6, 6.07) is 8.72. The van der Waals surface area contributed by atoms with E-state index >= 15 is 0 Å². The van der Waals surface area contributed by atoms with E-state index in [1.165, 1.54) is 11.1 Å². The molecule has 1 heterocycles. The van der Waals surface area contributed by atoms with Crippen LogP contribution in [0.15, 0.2) is 30.5 Å². The maximum absolute atomic E-state index is 4.13. The molecule has 1 aromatic heterocycles. The Labute approximate surface area is 114 Å². The summed E-state index contributed by atoms with van der Waals surface area (Å²) in [7, 11) is 1.91. The van der Waals surface area contributed by atoms with E-state index in [0.717, 1.165) is 18.8 Å². The molecular weight excluding hydrogens is 236 g/mol. The van der Waals surface area contributed by atoms with Crippen molar-refractivity contribution in [2.75, 3.05) is 7.05 Å². The third kappa shape index (κ3) is 3.64. The summed E-state index contributed by atoms with van der Waals surface area (Å²) in [5.74, 6) is 0. The SMILES string of the molecule is CNCc1cn(Cc2ccc(C(C)(C)C)cc2)nn1. The number of hydrogen-bond acceptors (Lipinski definition) is 3. The number of aromatic nitrogens is 3. The van der Waals surface area contributed by atoms with Gasteiger partial charge in [-0.25, -0.2) is 4.68 Å². The number of nitrogens with zero attached hydrogens (tertiary/aromatic N) is 3.